The third kappa shape index (κ3) is 2.44. The van der Waals surface area contributed by atoms with E-state index in [9.17, 15) is 0 Å². The van der Waals surface area contributed by atoms with E-state index in [0.29, 0.717) is 28.6 Å². The summed E-state index contributed by atoms with van der Waals surface area (Å²) in [5, 5.41) is 7.48. The summed E-state index contributed by atoms with van der Waals surface area (Å²) >= 11 is 5.86. The van der Waals surface area contributed by atoms with Crippen molar-refractivity contribution >= 4 is 22.6 Å². The van der Waals surface area contributed by atoms with E-state index in [-0.39, 0.29) is 5.28 Å². The predicted molar refractivity (Wildman–Crippen MR) is 77.3 cm³/mol. The van der Waals surface area contributed by atoms with Gasteiger partial charge in [-0.3, -0.25) is 5.10 Å². The molecular weight excluding hydrogens is 276 g/mol. The summed E-state index contributed by atoms with van der Waals surface area (Å²) in [5.74, 6) is 1.58. The van der Waals surface area contributed by atoms with Crippen molar-refractivity contribution in [3.8, 4) is 11.6 Å². The van der Waals surface area contributed by atoms with Crippen LogP contribution in [0.25, 0.3) is 11.0 Å². The zero-order chi connectivity index (χ0) is 14.1. The minimum atomic E-state index is 0.121. The van der Waals surface area contributed by atoms with E-state index >= 15 is 0 Å². The first-order chi connectivity index (χ1) is 9.63. The summed E-state index contributed by atoms with van der Waals surface area (Å²) < 4.78 is 5.77. The average molecular weight is 289 g/mol. The summed E-state index contributed by atoms with van der Waals surface area (Å²) in [6.07, 6.45) is 1.61. The molecule has 0 saturated carbocycles. The molecule has 0 saturated heterocycles. The molecule has 0 radical (unpaired) electrons. The third-order valence-corrected chi connectivity index (χ3v) is 3.18. The van der Waals surface area contributed by atoms with Crippen LogP contribution in [-0.4, -0.2) is 20.2 Å². The van der Waals surface area contributed by atoms with Crippen LogP contribution >= 0.6 is 11.6 Å². The second kappa shape index (κ2) is 5.09. The van der Waals surface area contributed by atoms with Gasteiger partial charge >= 0.3 is 0 Å². The molecule has 0 bridgehead atoms. The maximum absolute atomic E-state index is 5.86. The molecule has 0 aliphatic heterocycles. The number of H-pyrrole nitrogens is 1. The third-order valence-electron chi connectivity index (χ3n) is 3.01. The molecule has 2 heterocycles. The van der Waals surface area contributed by atoms with Gasteiger partial charge in [0.2, 0.25) is 11.2 Å². The van der Waals surface area contributed by atoms with Gasteiger partial charge in [-0.1, -0.05) is 26.0 Å². The Morgan fingerprint density at radius 3 is 2.60 bits per heavy atom. The molecule has 2 aromatic heterocycles. The summed E-state index contributed by atoms with van der Waals surface area (Å²) in [6.45, 7) is 4.30. The van der Waals surface area contributed by atoms with Crippen molar-refractivity contribution in [3.05, 3.63) is 41.3 Å². The fraction of sp³-hybridized carbons (Fsp3) is 0.214. The van der Waals surface area contributed by atoms with E-state index in [0.717, 1.165) is 0 Å². The second-order valence-corrected chi connectivity index (χ2v) is 5.09. The Labute approximate surface area is 121 Å². The molecule has 102 valence electrons. The Hall–Kier alpha value is -2.14. The molecule has 3 aromatic rings. The number of fused-ring (bicyclic) bond motifs is 1. The zero-order valence-electron chi connectivity index (χ0n) is 11.1. The Morgan fingerprint density at radius 1 is 1.15 bits per heavy atom. The molecule has 1 N–H and O–H groups in total. The number of ether oxygens (including phenoxy) is 1. The van der Waals surface area contributed by atoms with Crippen LogP contribution in [0.4, 0.5) is 0 Å². The molecule has 6 heteroatoms. The first kappa shape index (κ1) is 12.9. The highest BCUT2D eigenvalue weighted by Gasteiger charge is 2.10. The lowest BCUT2D eigenvalue weighted by Gasteiger charge is -2.08. The van der Waals surface area contributed by atoms with Gasteiger partial charge in [0, 0.05) is 0 Å². The molecule has 0 atom stereocenters. The van der Waals surface area contributed by atoms with Gasteiger partial charge in [0.05, 0.1) is 6.20 Å². The number of rotatable bonds is 3. The van der Waals surface area contributed by atoms with Gasteiger partial charge in [-0.2, -0.15) is 15.1 Å². The molecular formula is C14H13ClN4O. The van der Waals surface area contributed by atoms with Crippen molar-refractivity contribution in [2.75, 3.05) is 0 Å². The summed E-state index contributed by atoms with van der Waals surface area (Å²) in [4.78, 5) is 8.13. The minimum Gasteiger partial charge on any atom is -0.438 e. The van der Waals surface area contributed by atoms with E-state index in [1.54, 1.807) is 6.20 Å². The molecule has 0 amide bonds. The normalized spacial score (nSPS) is 11.2. The van der Waals surface area contributed by atoms with E-state index in [4.69, 9.17) is 16.3 Å². The fourth-order valence-corrected chi connectivity index (χ4v) is 2.05. The molecule has 5 nitrogen and oxygen atoms in total. The van der Waals surface area contributed by atoms with Gasteiger partial charge in [-0.15, -0.1) is 0 Å². The van der Waals surface area contributed by atoms with Crippen molar-refractivity contribution < 1.29 is 4.74 Å². The van der Waals surface area contributed by atoms with Gasteiger partial charge in [0.1, 0.15) is 11.1 Å². The minimum absolute atomic E-state index is 0.121. The number of hydrogen-bond donors (Lipinski definition) is 1. The fourth-order valence-electron chi connectivity index (χ4n) is 1.89. The first-order valence-electron chi connectivity index (χ1n) is 6.28. The van der Waals surface area contributed by atoms with Gasteiger partial charge in [0.25, 0.3) is 0 Å². The number of hydrogen-bond acceptors (Lipinski definition) is 4. The maximum atomic E-state index is 5.86. The van der Waals surface area contributed by atoms with Gasteiger partial charge in [-0.25, -0.2) is 0 Å². The van der Waals surface area contributed by atoms with Crippen LogP contribution in [-0.2, 0) is 0 Å². The van der Waals surface area contributed by atoms with Crippen molar-refractivity contribution in [1.29, 1.82) is 0 Å². The van der Waals surface area contributed by atoms with Crippen LogP contribution in [0.5, 0.6) is 11.6 Å². The predicted octanol–water partition coefficient (Wildman–Crippen LogP) is 3.92. The topological polar surface area (TPSA) is 63.7 Å². The number of aromatic nitrogens is 4. The Morgan fingerprint density at radius 2 is 1.90 bits per heavy atom. The lowest BCUT2D eigenvalue weighted by molar-refractivity contribution is 0.468. The van der Waals surface area contributed by atoms with Crippen LogP contribution in [0, 0.1) is 0 Å². The van der Waals surface area contributed by atoms with Gasteiger partial charge in [0.15, 0.2) is 5.65 Å². The highest BCUT2D eigenvalue weighted by molar-refractivity contribution is 6.28. The van der Waals surface area contributed by atoms with Crippen LogP contribution in [0.3, 0.4) is 0 Å². The molecule has 3 rings (SSSR count). The zero-order valence-corrected chi connectivity index (χ0v) is 11.8. The highest BCUT2D eigenvalue weighted by atomic mass is 35.5. The smallest absolute Gasteiger partial charge is 0.234 e. The Balaban J connectivity index is 1.94. The van der Waals surface area contributed by atoms with Gasteiger partial charge in [-0.05, 0) is 35.2 Å². The Kier molecular flexibility index (Phi) is 3.28. The van der Waals surface area contributed by atoms with E-state index in [1.807, 2.05) is 24.3 Å². The van der Waals surface area contributed by atoms with Gasteiger partial charge < -0.3 is 4.74 Å². The van der Waals surface area contributed by atoms with Crippen molar-refractivity contribution in [2.45, 2.75) is 19.8 Å². The maximum Gasteiger partial charge on any atom is 0.234 e. The number of nitrogens with zero attached hydrogens (tertiary/aromatic N) is 3. The van der Waals surface area contributed by atoms with E-state index in [2.05, 4.69) is 34.0 Å². The van der Waals surface area contributed by atoms with Crippen molar-refractivity contribution in [2.24, 2.45) is 0 Å². The molecule has 20 heavy (non-hydrogen) atoms. The van der Waals surface area contributed by atoms with Crippen LogP contribution in [0.2, 0.25) is 5.28 Å². The quantitative estimate of drug-likeness (QED) is 0.742. The second-order valence-electron chi connectivity index (χ2n) is 4.76. The first-order valence-corrected chi connectivity index (χ1v) is 6.65. The molecule has 0 unspecified atom stereocenters. The number of halogens is 1. The number of nitrogens with one attached hydrogen (secondary N) is 1. The average Bonchev–Trinajstić information content (AvgIpc) is 2.87. The lowest BCUT2D eigenvalue weighted by Crippen LogP contribution is -1.93. The van der Waals surface area contributed by atoms with Crippen LogP contribution < -0.4 is 4.74 Å². The Bertz CT molecular complexity index is 737. The summed E-state index contributed by atoms with van der Waals surface area (Å²) in [7, 11) is 0. The highest BCUT2D eigenvalue weighted by Crippen LogP contribution is 2.28. The summed E-state index contributed by atoms with van der Waals surface area (Å²) in [6, 6.07) is 7.90. The van der Waals surface area contributed by atoms with Crippen molar-refractivity contribution in [3.63, 3.8) is 0 Å². The van der Waals surface area contributed by atoms with E-state index < -0.39 is 0 Å². The van der Waals surface area contributed by atoms with E-state index in [1.165, 1.54) is 5.56 Å². The molecule has 0 fully saturated rings. The standard InChI is InChI=1S/C14H13ClN4O/c1-8(2)9-3-5-10(6-4-9)20-13-11-7-16-19-12(11)17-14(15)18-13/h3-8H,1-2H3,(H,16,17,18,19). The molecule has 1 aromatic carbocycles. The number of aromatic amines is 1. The lowest BCUT2D eigenvalue weighted by atomic mass is 10.0. The number of benzene rings is 1. The van der Waals surface area contributed by atoms with Crippen LogP contribution in [0.1, 0.15) is 25.3 Å². The van der Waals surface area contributed by atoms with Crippen molar-refractivity contribution in [1.82, 2.24) is 20.2 Å². The molecule has 0 spiro atoms. The van der Waals surface area contributed by atoms with Crippen LogP contribution in [0.15, 0.2) is 30.5 Å². The molecule has 0 aliphatic carbocycles. The largest absolute Gasteiger partial charge is 0.438 e. The summed E-state index contributed by atoms with van der Waals surface area (Å²) in [5.41, 5.74) is 1.81. The molecule has 0 aliphatic rings. The monoisotopic (exact) mass is 288 g/mol. The SMILES string of the molecule is CC(C)c1ccc(Oc2nc(Cl)nc3[nH]ncc23)cc1.